The van der Waals surface area contributed by atoms with Gasteiger partial charge in [-0.25, -0.2) is 0 Å². The van der Waals surface area contributed by atoms with Gasteiger partial charge in [0.2, 0.25) is 0 Å². The van der Waals surface area contributed by atoms with Crippen LogP contribution in [0.5, 0.6) is 5.75 Å². The number of fused-ring (bicyclic) bond motifs is 2. The molecule has 2 heterocycles. The molecule has 0 aliphatic carbocycles. The van der Waals surface area contributed by atoms with Gasteiger partial charge in [-0.05, 0) is 40.0 Å². The van der Waals surface area contributed by atoms with Crippen LogP contribution in [0.3, 0.4) is 0 Å². The lowest BCUT2D eigenvalue weighted by molar-refractivity contribution is 0.0398. The van der Waals surface area contributed by atoms with Crippen molar-refractivity contribution in [3.63, 3.8) is 0 Å². The summed E-state index contributed by atoms with van der Waals surface area (Å²) in [5, 5.41) is 0. The van der Waals surface area contributed by atoms with E-state index >= 15 is 0 Å². The Bertz CT molecular complexity index is 794. The summed E-state index contributed by atoms with van der Waals surface area (Å²) >= 11 is 3.54. The second-order valence-corrected chi connectivity index (χ2v) is 7.53. The van der Waals surface area contributed by atoms with Crippen molar-refractivity contribution in [2.45, 2.75) is 19.0 Å². The van der Waals surface area contributed by atoms with E-state index < -0.39 is 0 Å². The average Bonchev–Trinajstić information content (AvgIpc) is 2.63. The molecule has 2 aromatic carbocycles. The van der Waals surface area contributed by atoms with Crippen LogP contribution in [-0.2, 0) is 13.0 Å². The minimum absolute atomic E-state index is 0.122. The van der Waals surface area contributed by atoms with Crippen LogP contribution < -0.4 is 4.74 Å². The number of halogens is 1. The van der Waals surface area contributed by atoms with Gasteiger partial charge in [0.1, 0.15) is 5.75 Å². The van der Waals surface area contributed by atoms with Crippen LogP contribution in [0.25, 0.3) is 0 Å². The molecule has 1 unspecified atom stereocenters. The molecule has 2 aliphatic rings. The molecular formula is C20H21BrN2O2. The maximum Gasteiger partial charge on any atom is 0.255 e. The highest BCUT2D eigenvalue weighted by atomic mass is 79.9. The number of methoxy groups -OCH3 is 1. The fourth-order valence-corrected chi connectivity index (χ4v) is 4.49. The number of carbonyl (C=O) groups excluding carboxylic acids is 1. The molecule has 25 heavy (non-hydrogen) atoms. The number of amides is 1. The summed E-state index contributed by atoms with van der Waals surface area (Å²) in [6.07, 6.45) is 0.842. The first-order chi connectivity index (χ1) is 12.2. The molecule has 0 saturated carbocycles. The van der Waals surface area contributed by atoms with E-state index in [1.165, 1.54) is 5.56 Å². The molecule has 2 aliphatic heterocycles. The standard InChI is InChI=1S/C20H21BrN2O2/c1-25-18-8-7-17(21)19-16(18)11-15-13-22(9-10-23(15)20(19)24)12-14-5-3-2-4-6-14/h2-8,15H,9-13H2,1H3. The van der Waals surface area contributed by atoms with Gasteiger partial charge in [-0.15, -0.1) is 0 Å². The molecule has 5 heteroatoms. The van der Waals surface area contributed by atoms with Gasteiger partial charge in [0.15, 0.2) is 0 Å². The number of hydrogen-bond donors (Lipinski definition) is 0. The number of piperazine rings is 1. The molecule has 0 spiro atoms. The van der Waals surface area contributed by atoms with Crippen LogP contribution in [0.2, 0.25) is 0 Å². The molecule has 2 aromatic rings. The van der Waals surface area contributed by atoms with Crippen molar-refractivity contribution in [2.75, 3.05) is 26.7 Å². The molecule has 130 valence electrons. The van der Waals surface area contributed by atoms with Gasteiger partial charge in [0.05, 0.1) is 12.7 Å². The normalized spacial score (nSPS) is 20.2. The van der Waals surface area contributed by atoms with E-state index in [0.29, 0.717) is 0 Å². The number of benzene rings is 2. The van der Waals surface area contributed by atoms with Crippen molar-refractivity contribution in [1.29, 1.82) is 0 Å². The quantitative estimate of drug-likeness (QED) is 0.791. The third-order valence-electron chi connectivity index (χ3n) is 5.17. The Morgan fingerprint density at radius 3 is 2.72 bits per heavy atom. The van der Waals surface area contributed by atoms with E-state index in [4.69, 9.17) is 4.74 Å². The first-order valence-corrected chi connectivity index (χ1v) is 9.39. The second kappa shape index (κ2) is 6.81. The van der Waals surface area contributed by atoms with E-state index in [9.17, 15) is 4.79 Å². The Morgan fingerprint density at radius 2 is 1.96 bits per heavy atom. The van der Waals surface area contributed by atoms with Gasteiger partial charge in [-0.1, -0.05) is 30.3 Å². The van der Waals surface area contributed by atoms with Crippen LogP contribution in [0.15, 0.2) is 46.9 Å². The van der Waals surface area contributed by atoms with Crippen LogP contribution in [0.1, 0.15) is 21.5 Å². The van der Waals surface area contributed by atoms with Gasteiger partial charge in [0.25, 0.3) is 5.91 Å². The largest absolute Gasteiger partial charge is 0.496 e. The number of ether oxygens (including phenoxy) is 1. The number of rotatable bonds is 3. The zero-order chi connectivity index (χ0) is 17.4. The molecule has 0 radical (unpaired) electrons. The highest BCUT2D eigenvalue weighted by Crippen LogP contribution is 2.36. The monoisotopic (exact) mass is 400 g/mol. The molecule has 1 saturated heterocycles. The Morgan fingerprint density at radius 1 is 1.16 bits per heavy atom. The highest BCUT2D eigenvalue weighted by molar-refractivity contribution is 9.10. The lowest BCUT2D eigenvalue weighted by Crippen LogP contribution is -2.57. The first-order valence-electron chi connectivity index (χ1n) is 8.60. The van der Waals surface area contributed by atoms with E-state index in [1.54, 1.807) is 7.11 Å². The van der Waals surface area contributed by atoms with Gasteiger partial charge in [0, 0.05) is 42.3 Å². The van der Waals surface area contributed by atoms with Gasteiger partial charge in [-0.3, -0.25) is 9.69 Å². The molecule has 1 amide bonds. The minimum Gasteiger partial charge on any atom is -0.496 e. The van der Waals surface area contributed by atoms with Crippen LogP contribution in [0, 0.1) is 0 Å². The smallest absolute Gasteiger partial charge is 0.255 e. The topological polar surface area (TPSA) is 32.8 Å². The van der Waals surface area contributed by atoms with Crippen molar-refractivity contribution < 1.29 is 9.53 Å². The summed E-state index contributed by atoms with van der Waals surface area (Å²) in [6.45, 7) is 3.52. The van der Waals surface area contributed by atoms with Crippen molar-refractivity contribution in [3.8, 4) is 5.75 Å². The summed E-state index contributed by atoms with van der Waals surface area (Å²) in [4.78, 5) is 17.5. The fraction of sp³-hybridized carbons (Fsp3) is 0.350. The minimum atomic E-state index is 0.122. The SMILES string of the molecule is COc1ccc(Br)c2c1CC1CN(Cc3ccccc3)CCN1C2=O. The fourth-order valence-electron chi connectivity index (χ4n) is 3.95. The van der Waals surface area contributed by atoms with Crippen LogP contribution in [0.4, 0.5) is 0 Å². The highest BCUT2D eigenvalue weighted by Gasteiger charge is 2.38. The summed E-state index contributed by atoms with van der Waals surface area (Å²) in [7, 11) is 1.67. The molecule has 1 atom stereocenters. The van der Waals surface area contributed by atoms with Crippen molar-refractivity contribution in [3.05, 3.63) is 63.6 Å². The Hall–Kier alpha value is -1.85. The lowest BCUT2D eigenvalue weighted by atomic mass is 9.90. The molecule has 4 rings (SSSR count). The van der Waals surface area contributed by atoms with E-state index in [-0.39, 0.29) is 11.9 Å². The van der Waals surface area contributed by atoms with Crippen molar-refractivity contribution in [1.82, 2.24) is 9.80 Å². The number of hydrogen-bond acceptors (Lipinski definition) is 3. The third kappa shape index (κ3) is 3.07. The number of nitrogens with zero attached hydrogens (tertiary/aromatic N) is 2. The Balaban J connectivity index is 1.58. The lowest BCUT2D eigenvalue weighted by Gasteiger charge is -2.44. The molecule has 0 N–H and O–H groups in total. The Labute approximate surface area is 156 Å². The maximum absolute atomic E-state index is 13.0. The molecule has 1 fully saturated rings. The van der Waals surface area contributed by atoms with Crippen molar-refractivity contribution in [2.24, 2.45) is 0 Å². The van der Waals surface area contributed by atoms with Crippen LogP contribution in [-0.4, -0.2) is 48.5 Å². The van der Waals surface area contributed by atoms with Crippen LogP contribution >= 0.6 is 15.9 Å². The third-order valence-corrected chi connectivity index (χ3v) is 5.83. The summed E-state index contributed by atoms with van der Waals surface area (Å²) in [5.41, 5.74) is 3.12. The first kappa shape index (κ1) is 16.6. The maximum atomic E-state index is 13.0. The van der Waals surface area contributed by atoms with Crippen molar-refractivity contribution >= 4 is 21.8 Å². The van der Waals surface area contributed by atoms with E-state index in [1.807, 2.05) is 23.1 Å². The van der Waals surface area contributed by atoms with Gasteiger partial charge >= 0.3 is 0 Å². The zero-order valence-corrected chi connectivity index (χ0v) is 15.8. The van der Waals surface area contributed by atoms with Gasteiger partial charge < -0.3 is 9.64 Å². The van der Waals surface area contributed by atoms with E-state index in [2.05, 4.69) is 45.1 Å². The summed E-state index contributed by atoms with van der Waals surface area (Å²) in [5.74, 6) is 0.933. The predicted molar refractivity (Wildman–Crippen MR) is 101 cm³/mol. The second-order valence-electron chi connectivity index (χ2n) is 6.68. The average molecular weight is 401 g/mol. The molecular weight excluding hydrogens is 380 g/mol. The predicted octanol–water partition coefficient (Wildman–Crippen LogP) is 3.34. The summed E-state index contributed by atoms with van der Waals surface area (Å²) in [6, 6.07) is 14.6. The van der Waals surface area contributed by atoms with E-state index in [0.717, 1.165) is 53.9 Å². The zero-order valence-electron chi connectivity index (χ0n) is 14.2. The molecule has 4 nitrogen and oxygen atoms in total. The molecule has 0 aromatic heterocycles. The van der Waals surface area contributed by atoms with Gasteiger partial charge in [-0.2, -0.15) is 0 Å². The summed E-state index contributed by atoms with van der Waals surface area (Å²) < 4.78 is 6.37. The molecule has 0 bridgehead atoms. The number of carbonyl (C=O) groups is 1. The Kier molecular flexibility index (Phi) is 4.52.